The van der Waals surface area contributed by atoms with E-state index in [2.05, 4.69) is 17.4 Å². The summed E-state index contributed by atoms with van der Waals surface area (Å²) < 4.78 is 10.7. The second-order valence-corrected chi connectivity index (χ2v) is 5.22. The molecule has 0 heterocycles. The topological polar surface area (TPSA) is 30.5 Å². The number of hydrogen-bond acceptors (Lipinski definition) is 3. The van der Waals surface area contributed by atoms with E-state index in [1.807, 2.05) is 19.2 Å². The predicted octanol–water partition coefficient (Wildman–Crippen LogP) is 2.78. The molecular formula is C16H25NO2. The molecule has 3 nitrogen and oxygen atoms in total. The first-order valence-electron chi connectivity index (χ1n) is 7.22. The summed E-state index contributed by atoms with van der Waals surface area (Å²) in [4.78, 5) is 0. The van der Waals surface area contributed by atoms with Gasteiger partial charge in [0.1, 0.15) is 5.75 Å². The normalized spacial score (nSPS) is 23.3. The van der Waals surface area contributed by atoms with Gasteiger partial charge < -0.3 is 14.8 Å². The van der Waals surface area contributed by atoms with Crippen LogP contribution in [0.2, 0.25) is 0 Å². The van der Waals surface area contributed by atoms with Crippen molar-refractivity contribution in [3.63, 3.8) is 0 Å². The molecule has 0 saturated heterocycles. The molecule has 0 aromatic heterocycles. The summed E-state index contributed by atoms with van der Waals surface area (Å²) in [5.41, 5.74) is 1.35. The summed E-state index contributed by atoms with van der Waals surface area (Å²) in [5, 5.41) is 3.64. The second kappa shape index (κ2) is 7.51. The van der Waals surface area contributed by atoms with Gasteiger partial charge >= 0.3 is 0 Å². The van der Waals surface area contributed by atoms with E-state index in [4.69, 9.17) is 9.47 Å². The van der Waals surface area contributed by atoms with E-state index in [1.54, 1.807) is 7.11 Å². The minimum atomic E-state index is 0.393. The Hall–Kier alpha value is -1.06. The van der Waals surface area contributed by atoms with Crippen molar-refractivity contribution in [3.8, 4) is 5.75 Å². The Kier molecular flexibility index (Phi) is 5.67. The fraction of sp³-hybridized carbons (Fsp3) is 0.625. The molecule has 0 spiro atoms. The van der Waals surface area contributed by atoms with Gasteiger partial charge in [-0.05, 0) is 43.5 Å². The van der Waals surface area contributed by atoms with Gasteiger partial charge in [-0.3, -0.25) is 0 Å². The smallest absolute Gasteiger partial charge is 0.118 e. The summed E-state index contributed by atoms with van der Waals surface area (Å²) in [6.45, 7) is 1.01. The fourth-order valence-corrected chi connectivity index (χ4v) is 2.81. The van der Waals surface area contributed by atoms with Crippen LogP contribution < -0.4 is 10.1 Å². The Morgan fingerprint density at radius 1 is 1.11 bits per heavy atom. The second-order valence-electron chi connectivity index (χ2n) is 5.22. The molecule has 0 bridgehead atoms. The maximum absolute atomic E-state index is 5.56. The van der Waals surface area contributed by atoms with E-state index in [1.165, 1.54) is 31.2 Å². The molecule has 106 valence electrons. The van der Waals surface area contributed by atoms with Gasteiger partial charge in [-0.25, -0.2) is 0 Å². The van der Waals surface area contributed by atoms with Crippen molar-refractivity contribution in [3.05, 3.63) is 29.8 Å². The number of methoxy groups -OCH3 is 2. The molecule has 19 heavy (non-hydrogen) atoms. The van der Waals surface area contributed by atoms with E-state index in [0.717, 1.165) is 18.7 Å². The van der Waals surface area contributed by atoms with Crippen LogP contribution in [-0.4, -0.2) is 32.9 Å². The summed E-state index contributed by atoms with van der Waals surface area (Å²) in [6.07, 6.45) is 6.49. The highest BCUT2D eigenvalue weighted by Gasteiger charge is 2.23. The molecular weight excluding hydrogens is 238 g/mol. The van der Waals surface area contributed by atoms with Gasteiger partial charge in [-0.15, -0.1) is 0 Å². The number of benzene rings is 1. The van der Waals surface area contributed by atoms with E-state index in [-0.39, 0.29) is 0 Å². The molecule has 1 saturated carbocycles. The standard InChI is InChI=1S/C16H25NO2/c1-18-14-9-7-13(8-10-14)11-12-17-15-5-3-4-6-16(15)19-2/h7-10,15-17H,3-6,11-12H2,1-2H3. The largest absolute Gasteiger partial charge is 0.497 e. The number of hydrogen-bond donors (Lipinski definition) is 1. The lowest BCUT2D eigenvalue weighted by atomic mass is 9.92. The molecule has 1 aromatic carbocycles. The third-order valence-corrected chi connectivity index (χ3v) is 3.98. The monoisotopic (exact) mass is 263 g/mol. The summed E-state index contributed by atoms with van der Waals surface area (Å²) in [7, 11) is 3.53. The van der Waals surface area contributed by atoms with Crippen molar-refractivity contribution in [2.75, 3.05) is 20.8 Å². The molecule has 0 aliphatic heterocycles. The minimum Gasteiger partial charge on any atom is -0.497 e. The summed E-state index contributed by atoms with van der Waals surface area (Å²) >= 11 is 0. The van der Waals surface area contributed by atoms with Crippen LogP contribution in [0.15, 0.2) is 24.3 Å². The molecule has 1 aliphatic rings. The maximum Gasteiger partial charge on any atom is 0.118 e. The SMILES string of the molecule is COc1ccc(CCNC2CCCCC2OC)cc1. The van der Waals surface area contributed by atoms with Crippen LogP contribution in [-0.2, 0) is 11.2 Å². The molecule has 0 amide bonds. The summed E-state index contributed by atoms with van der Waals surface area (Å²) in [6, 6.07) is 8.84. The zero-order chi connectivity index (χ0) is 13.5. The average Bonchev–Trinajstić information content (AvgIpc) is 2.48. The van der Waals surface area contributed by atoms with Gasteiger partial charge in [0.15, 0.2) is 0 Å². The van der Waals surface area contributed by atoms with Crippen molar-refractivity contribution < 1.29 is 9.47 Å². The minimum absolute atomic E-state index is 0.393. The van der Waals surface area contributed by atoms with Crippen LogP contribution in [0.3, 0.4) is 0 Å². The van der Waals surface area contributed by atoms with Crippen LogP contribution in [0, 0.1) is 0 Å². The molecule has 2 atom stereocenters. The first kappa shape index (κ1) is 14.4. The van der Waals surface area contributed by atoms with Gasteiger partial charge in [0, 0.05) is 13.2 Å². The first-order chi connectivity index (χ1) is 9.33. The Bertz CT molecular complexity index is 364. The summed E-state index contributed by atoms with van der Waals surface area (Å²) in [5.74, 6) is 0.920. The van der Waals surface area contributed by atoms with E-state index < -0.39 is 0 Å². The highest BCUT2D eigenvalue weighted by atomic mass is 16.5. The predicted molar refractivity (Wildman–Crippen MR) is 77.8 cm³/mol. The Labute approximate surface area is 116 Å². The van der Waals surface area contributed by atoms with Crippen LogP contribution >= 0.6 is 0 Å². The first-order valence-corrected chi connectivity index (χ1v) is 7.22. The zero-order valence-electron chi connectivity index (χ0n) is 12.0. The van der Waals surface area contributed by atoms with Crippen LogP contribution in [0.1, 0.15) is 31.2 Å². The molecule has 1 aromatic rings. The van der Waals surface area contributed by atoms with E-state index in [9.17, 15) is 0 Å². The molecule has 3 heteroatoms. The lowest BCUT2D eigenvalue weighted by molar-refractivity contribution is 0.0421. The Morgan fingerprint density at radius 3 is 2.53 bits per heavy atom. The van der Waals surface area contributed by atoms with Gasteiger partial charge in [-0.1, -0.05) is 25.0 Å². The number of rotatable bonds is 6. The molecule has 0 radical (unpaired) electrons. The molecule has 2 unspecified atom stereocenters. The van der Waals surface area contributed by atoms with Crippen molar-refractivity contribution in [2.24, 2.45) is 0 Å². The zero-order valence-corrected chi connectivity index (χ0v) is 12.0. The lowest BCUT2D eigenvalue weighted by Gasteiger charge is -2.31. The molecule has 1 aliphatic carbocycles. The van der Waals surface area contributed by atoms with Crippen molar-refractivity contribution >= 4 is 0 Å². The van der Waals surface area contributed by atoms with Crippen LogP contribution in [0.4, 0.5) is 0 Å². The highest BCUT2D eigenvalue weighted by molar-refractivity contribution is 5.27. The Morgan fingerprint density at radius 2 is 1.84 bits per heavy atom. The maximum atomic E-state index is 5.56. The quantitative estimate of drug-likeness (QED) is 0.856. The third kappa shape index (κ3) is 4.22. The lowest BCUT2D eigenvalue weighted by Crippen LogP contribution is -2.43. The number of ether oxygens (including phenoxy) is 2. The Balaban J connectivity index is 1.75. The van der Waals surface area contributed by atoms with E-state index >= 15 is 0 Å². The van der Waals surface area contributed by atoms with Crippen molar-refractivity contribution in [1.82, 2.24) is 5.32 Å². The van der Waals surface area contributed by atoms with Gasteiger partial charge in [0.05, 0.1) is 13.2 Å². The third-order valence-electron chi connectivity index (χ3n) is 3.98. The van der Waals surface area contributed by atoms with E-state index in [0.29, 0.717) is 12.1 Å². The molecule has 2 rings (SSSR count). The van der Waals surface area contributed by atoms with Crippen molar-refractivity contribution in [1.29, 1.82) is 0 Å². The average molecular weight is 263 g/mol. The van der Waals surface area contributed by atoms with Crippen LogP contribution in [0.25, 0.3) is 0 Å². The van der Waals surface area contributed by atoms with Gasteiger partial charge in [0.2, 0.25) is 0 Å². The van der Waals surface area contributed by atoms with Gasteiger partial charge in [0.25, 0.3) is 0 Å². The highest BCUT2D eigenvalue weighted by Crippen LogP contribution is 2.20. The molecule has 1 N–H and O–H groups in total. The molecule has 1 fully saturated rings. The van der Waals surface area contributed by atoms with Crippen LogP contribution in [0.5, 0.6) is 5.75 Å². The number of nitrogens with one attached hydrogen (secondary N) is 1. The van der Waals surface area contributed by atoms with Gasteiger partial charge in [-0.2, -0.15) is 0 Å². The van der Waals surface area contributed by atoms with Crippen molar-refractivity contribution in [2.45, 2.75) is 44.2 Å². The fourth-order valence-electron chi connectivity index (χ4n) is 2.81.